The Morgan fingerprint density at radius 1 is 1.06 bits per heavy atom. The number of hydrogen-bond donors (Lipinski definition) is 0. The summed E-state index contributed by atoms with van der Waals surface area (Å²) in [5, 5.41) is 0. The molecule has 2 heterocycles. The standard InChI is InChI=1S/C26H32N2O4/c1-16-10-8-11-17(2)24(16)28-18(3)14-21(19(28)4)15-22-23(26(30)32-7)20(5)27(25(22)29)12-9-13-31-6/h8,10-11,14-15H,9,12-13H2,1-7H3. The third kappa shape index (κ3) is 4.15. The fourth-order valence-electron chi connectivity index (χ4n) is 4.46. The summed E-state index contributed by atoms with van der Waals surface area (Å²) in [5.41, 5.74) is 7.80. The van der Waals surface area contributed by atoms with Crippen molar-refractivity contribution in [3.8, 4) is 5.69 Å². The van der Waals surface area contributed by atoms with Crippen molar-refractivity contribution in [1.82, 2.24) is 9.47 Å². The van der Waals surface area contributed by atoms with Gasteiger partial charge >= 0.3 is 5.97 Å². The Morgan fingerprint density at radius 2 is 1.72 bits per heavy atom. The molecule has 0 saturated carbocycles. The summed E-state index contributed by atoms with van der Waals surface area (Å²) >= 11 is 0. The Morgan fingerprint density at radius 3 is 2.31 bits per heavy atom. The molecule has 0 saturated heterocycles. The van der Waals surface area contributed by atoms with Crippen LogP contribution < -0.4 is 0 Å². The lowest BCUT2D eigenvalue weighted by Crippen LogP contribution is -2.26. The van der Waals surface area contributed by atoms with E-state index in [0.29, 0.717) is 36.4 Å². The first-order valence-electron chi connectivity index (χ1n) is 10.8. The fraction of sp³-hybridized carbons (Fsp3) is 0.385. The summed E-state index contributed by atoms with van der Waals surface area (Å²) in [5.74, 6) is -0.684. The number of carbonyl (C=O) groups is 2. The highest BCUT2D eigenvalue weighted by atomic mass is 16.5. The average Bonchev–Trinajstić information content (AvgIpc) is 3.15. The number of para-hydroxylation sites is 1. The van der Waals surface area contributed by atoms with Crippen LogP contribution in [0.4, 0.5) is 0 Å². The lowest BCUT2D eigenvalue weighted by molar-refractivity contribution is -0.136. The van der Waals surface area contributed by atoms with Crippen LogP contribution in [0.2, 0.25) is 0 Å². The van der Waals surface area contributed by atoms with Gasteiger partial charge in [0.15, 0.2) is 0 Å². The van der Waals surface area contributed by atoms with E-state index in [1.807, 2.05) is 13.0 Å². The van der Waals surface area contributed by atoms with Crippen LogP contribution in [0.15, 0.2) is 41.1 Å². The van der Waals surface area contributed by atoms with Crippen molar-refractivity contribution >= 4 is 18.0 Å². The molecule has 32 heavy (non-hydrogen) atoms. The third-order valence-electron chi connectivity index (χ3n) is 6.06. The van der Waals surface area contributed by atoms with Gasteiger partial charge in [0, 0.05) is 37.3 Å². The summed E-state index contributed by atoms with van der Waals surface area (Å²) in [6, 6.07) is 8.30. The first-order valence-corrected chi connectivity index (χ1v) is 10.8. The Kier molecular flexibility index (Phi) is 7.04. The van der Waals surface area contributed by atoms with E-state index in [1.165, 1.54) is 18.2 Å². The zero-order valence-electron chi connectivity index (χ0n) is 20.0. The van der Waals surface area contributed by atoms with Crippen molar-refractivity contribution in [1.29, 1.82) is 0 Å². The van der Waals surface area contributed by atoms with Crippen molar-refractivity contribution in [2.24, 2.45) is 0 Å². The molecule has 2 aromatic rings. The van der Waals surface area contributed by atoms with Gasteiger partial charge in [-0.25, -0.2) is 4.79 Å². The highest BCUT2D eigenvalue weighted by Crippen LogP contribution is 2.34. The van der Waals surface area contributed by atoms with Crippen LogP contribution >= 0.6 is 0 Å². The number of carbonyl (C=O) groups excluding carboxylic acids is 2. The molecule has 6 nitrogen and oxygen atoms in total. The number of amides is 1. The number of esters is 1. The molecule has 6 heteroatoms. The molecule has 1 aromatic carbocycles. The highest BCUT2D eigenvalue weighted by molar-refractivity contribution is 6.16. The van der Waals surface area contributed by atoms with Gasteiger partial charge in [-0.15, -0.1) is 0 Å². The minimum Gasteiger partial charge on any atom is -0.465 e. The van der Waals surface area contributed by atoms with Gasteiger partial charge in [-0.3, -0.25) is 4.79 Å². The fourth-order valence-corrected chi connectivity index (χ4v) is 4.46. The number of hydrogen-bond acceptors (Lipinski definition) is 4. The van der Waals surface area contributed by atoms with E-state index >= 15 is 0 Å². The molecule has 170 valence electrons. The number of rotatable bonds is 7. The molecule has 0 unspecified atom stereocenters. The molecule has 0 bridgehead atoms. The maximum atomic E-state index is 13.3. The van der Waals surface area contributed by atoms with Crippen molar-refractivity contribution in [3.63, 3.8) is 0 Å². The van der Waals surface area contributed by atoms with Crippen molar-refractivity contribution in [2.45, 2.75) is 41.0 Å². The number of allylic oxidation sites excluding steroid dienone is 1. The van der Waals surface area contributed by atoms with Crippen LogP contribution in [0, 0.1) is 27.7 Å². The maximum absolute atomic E-state index is 13.3. The monoisotopic (exact) mass is 436 g/mol. The smallest absolute Gasteiger partial charge is 0.340 e. The first kappa shape index (κ1) is 23.5. The van der Waals surface area contributed by atoms with Gasteiger partial charge in [-0.05, 0) is 69.9 Å². The summed E-state index contributed by atoms with van der Waals surface area (Å²) in [4.78, 5) is 27.5. The molecule has 0 fully saturated rings. The molecule has 0 N–H and O–H groups in total. The molecule has 0 spiro atoms. The van der Waals surface area contributed by atoms with E-state index in [2.05, 4.69) is 49.6 Å². The summed E-state index contributed by atoms with van der Waals surface area (Å²) in [6.45, 7) is 11.1. The van der Waals surface area contributed by atoms with Gasteiger partial charge in [-0.1, -0.05) is 18.2 Å². The largest absolute Gasteiger partial charge is 0.465 e. The van der Waals surface area contributed by atoms with Crippen LogP contribution in [0.25, 0.3) is 11.8 Å². The predicted octanol–water partition coefficient (Wildman–Crippen LogP) is 4.42. The second-order valence-corrected chi connectivity index (χ2v) is 8.22. The third-order valence-corrected chi connectivity index (χ3v) is 6.06. The molecule has 0 atom stereocenters. The molecule has 0 aliphatic carbocycles. The Labute approximate surface area is 190 Å². The maximum Gasteiger partial charge on any atom is 0.340 e. The van der Waals surface area contributed by atoms with Crippen molar-refractivity contribution < 1.29 is 19.1 Å². The Hall–Kier alpha value is -3.12. The SMILES string of the molecule is COCCCN1C(=O)C(=Cc2cc(C)n(-c3c(C)cccc3C)c2C)C(C(=O)OC)=C1C. The Bertz CT molecular complexity index is 1100. The van der Waals surface area contributed by atoms with Gasteiger partial charge in [0.05, 0.1) is 23.9 Å². The van der Waals surface area contributed by atoms with Gasteiger partial charge in [0.1, 0.15) is 0 Å². The van der Waals surface area contributed by atoms with Crippen LogP contribution in [0.3, 0.4) is 0 Å². The van der Waals surface area contributed by atoms with Gasteiger partial charge in [-0.2, -0.15) is 0 Å². The van der Waals surface area contributed by atoms with E-state index in [0.717, 1.165) is 22.6 Å². The normalized spacial score (nSPS) is 15.3. The molecule has 1 amide bonds. The zero-order valence-corrected chi connectivity index (χ0v) is 20.0. The minimum atomic E-state index is -0.500. The van der Waals surface area contributed by atoms with Crippen LogP contribution in [-0.4, -0.2) is 48.7 Å². The molecule has 1 aromatic heterocycles. The van der Waals surface area contributed by atoms with E-state index in [-0.39, 0.29) is 5.91 Å². The van der Waals surface area contributed by atoms with E-state index in [1.54, 1.807) is 18.9 Å². The Balaban J connectivity index is 2.11. The topological polar surface area (TPSA) is 60.8 Å². The van der Waals surface area contributed by atoms with Gasteiger partial charge in [0.2, 0.25) is 0 Å². The summed E-state index contributed by atoms with van der Waals surface area (Å²) in [6.07, 6.45) is 2.50. The predicted molar refractivity (Wildman–Crippen MR) is 126 cm³/mol. The molecule has 3 rings (SSSR count). The van der Waals surface area contributed by atoms with Crippen molar-refractivity contribution in [2.75, 3.05) is 27.4 Å². The van der Waals surface area contributed by atoms with E-state index < -0.39 is 5.97 Å². The minimum absolute atomic E-state index is 0.184. The van der Waals surface area contributed by atoms with Crippen LogP contribution in [0.5, 0.6) is 0 Å². The van der Waals surface area contributed by atoms with Crippen LogP contribution in [-0.2, 0) is 19.1 Å². The second-order valence-electron chi connectivity index (χ2n) is 8.22. The van der Waals surface area contributed by atoms with E-state index in [4.69, 9.17) is 9.47 Å². The lowest BCUT2D eigenvalue weighted by Gasteiger charge is -2.17. The molecule has 0 radical (unpaired) electrons. The molecular formula is C26H32N2O4. The number of benzene rings is 1. The molecule has 1 aliphatic rings. The first-order chi connectivity index (χ1) is 15.2. The highest BCUT2D eigenvalue weighted by Gasteiger charge is 2.37. The zero-order chi connectivity index (χ0) is 23.6. The number of ether oxygens (including phenoxy) is 2. The number of nitrogens with zero attached hydrogens (tertiary/aromatic N) is 2. The summed E-state index contributed by atoms with van der Waals surface area (Å²) in [7, 11) is 2.97. The van der Waals surface area contributed by atoms with Gasteiger partial charge in [0.25, 0.3) is 5.91 Å². The molecular weight excluding hydrogens is 404 g/mol. The van der Waals surface area contributed by atoms with Crippen LogP contribution in [0.1, 0.15) is 41.4 Å². The number of aromatic nitrogens is 1. The second kappa shape index (κ2) is 9.57. The average molecular weight is 437 g/mol. The van der Waals surface area contributed by atoms with Crippen molar-refractivity contribution in [3.05, 3.63) is 69.2 Å². The lowest BCUT2D eigenvalue weighted by atomic mass is 10.0. The van der Waals surface area contributed by atoms with E-state index in [9.17, 15) is 9.59 Å². The molecule has 1 aliphatic heterocycles. The quantitative estimate of drug-likeness (QED) is 0.366. The number of methoxy groups -OCH3 is 2. The van der Waals surface area contributed by atoms with Gasteiger partial charge < -0.3 is 18.9 Å². The summed E-state index contributed by atoms with van der Waals surface area (Å²) < 4.78 is 12.3. The number of aryl methyl sites for hydroxylation is 3.